The Morgan fingerprint density at radius 3 is 2.68 bits per heavy atom. The van der Waals surface area contributed by atoms with Gasteiger partial charge in [0.05, 0.1) is 18.4 Å². The van der Waals surface area contributed by atoms with E-state index in [1.807, 2.05) is 0 Å². The number of phenolic OH excluding ortho intramolecular Hbond substituents is 1. The summed E-state index contributed by atoms with van der Waals surface area (Å²) >= 11 is 0. The first kappa shape index (κ1) is 12.9. The summed E-state index contributed by atoms with van der Waals surface area (Å²) in [5.74, 6) is -0.0970. The molecule has 4 N–H and O–H groups in total. The quantitative estimate of drug-likeness (QED) is 0.716. The van der Waals surface area contributed by atoms with E-state index in [2.05, 4.69) is 20.5 Å². The fourth-order valence-corrected chi connectivity index (χ4v) is 1.49. The maximum absolute atomic E-state index is 11.8. The van der Waals surface area contributed by atoms with Crippen molar-refractivity contribution in [1.82, 2.24) is 15.2 Å². The first-order valence-electron chi connectivity index (χ1n) is 5.63. The Bertz CT molecular complexity index is 544. The summed E-state index contributed by atoms with van der Waals surface area (Å²) in [4.78, 5) is 15.6. The van der Waals surface area contributed by atoms with Crippen LogP contribution in [0.1, 0.15) is 5.56 Å². The van der Waals surface area contributed by atoms with Crippen molar-refractivity contribution in [2.75, 3.05) is 5.32 Å². The van der Waals surface area contributed by atoms with E-state index in [1.165, 1.54) is 12.4 Å². The number of nitrogens with one attached hydrogen (secondary N) is 1. The Labute approximate surface area is 109 Å². The first-order valence-corrected chi connectivity index (χ1v) is 5.63. The molecule has 1 amide bonds. The van der Waals surface area contributed by atoms with E-state index < -0.39 is 6.04 Å². The van der Waals surface area contributed by atoms with E-state index in [0.29, 0.717) is 6.42 Å². The van der Waals surface area contributed by atoms with Gasteiger partial charge in [-0.15, -0.1) is 5.10 Å². The van der Waals surface area contributed by atoms with E-state index in [-0.39, 0.29) is 17.6 Å². The number of nitrogens with zero attached hydrogens (tertiary/aromatic N) is 3. The molecule has 1 heterocycles. The number of anilines is 1. The Balaban J connectivity index is 1.94. The van der Waals surface area contributed by atoms with Crippen molar-refractivity contribution in [2.45, 2.75) is 12.5 Å². The van der Waals surface area contributed by atoms with Crippen LogP contribution in [0.5, 0.6) is 5.75 Å². The molecule has 0 saturated heterocycles. The third-order valence-electron chi connectivity index (χ3n) is 2.45. The largest absolute Gasteiger partial charge is 0.508 e. The van der Waals surface area contributed by atoms with Crippen LogP contribution in [-0.4, -0.2) is 32.2 Å². The van der Waals surface area contributed by atoms with Crippen molar-refractivity contribution in [3.8, 4) is 5.75 Å². The van der Waals surface area contributed by atoms with Crippen LogP contribution in [-0.2, 0) is 11.2 Å². The van der Waals surface area contributed by atoms with Gasteiger partial charge in [-0.3, -0.25) is 10.1 Å². The van der Waals surface area contributed by atoms with E-state index in [1.54, 1.807) is 24.3 Å². The molecular formula is C12H13N5O2. The summed E-state index contributed by atoms with van der Waals surface area (Å²) in [6, 6.07) is 5.79. The number of rotatable bonds is 4. The molecule has 0 fully saturated rings. The predicted molar refractivity (Wildman–Crippen MR) is 68.2 cm³/mol. The highest BCUT2D eigenvalue weighted by atomic mass is 16.3. The second kappa shape index (κ2) is 5.87. The van der Waals surface area contributed by atoms with Crippen LogP contribution in [0.15, 0.2) is 36.7 Å². The Hall–Kier alpha value is -2.54. The van der Waals surface area contributed by atoms with Crippen molar-refractivity contribution in [2.24, 2.45) is 5.73 Å². The molecule has 0 saturated carbocycles. The highest BCUT2D eigenvalue weighted by Gasteiger charge is 2.15. The highest BCUT2D eigenvalue weighted by Crippen LogP contribution is 2.11. The fraction of sp³-hybridized carbons (Fsp3) is 0.167. The lowest BCUT2D eigenvalue weighted by molar-refractivity contribution is -0.117. The summed E-state index contributed by atoms with van der Waals surface area (Å²) < 4.78 is 0. The number of hydrogen-bond acceptors (Lipinski definition) is 6. The average molecular weight is 259 g/mol. The second-order valence-electron chi connectivity index (χ2n) is 3.93. The van der Waals surface area contributed by atoms with Crippen molar-refractivity contribution in [3.05, 3.63) is 42.2 Å². The van der Waals surface area contributed by atoms with Gasteiger partial charge in [0.25, 0.3) is 0 Å². The molecule has 2 aromatic rings. The smallest absolute Gasteiger partial charge is 0.249 e. The zero-order valence-corrected chi connectivity index (χ0v) is 10.0. The summed E-state index contributed by atoms with van der Waals surface area (Å²) in [5.41, 5.74) is 6.64. The van der Waals surface area contributed by atoms with E-state index in [9.17, 15) is 4.79 Å². The number of aromatic hydroxyl groups is 1. The molecule has 0 spiro atoms. The van der Waals surface area contributed by atoms with Gasteiger partial charge in [-0.1, -0.05) is 12.1 Å². The molecular weight excluding hydrogens is 246 g/mol. The third-order valence-corrected chi connectivity index (χ3v) is 2.45. The third kappa shape index (κ3) is 3.71. The molecule has 0 aliphatic heterocycles. The molecule has 0 bridgehead atoms. The Morgan fingerprint density at radius 1 is 1.32 bits per heavy atom. The normalized spacial score (nSPS) is 11.8. The van der Waals surface area contributed by atoms with Gasteiger partial charge in [0, 0.05) is 0 Å². The fourth-order valence-electron chi connectivity index (χ4n) is 1.49. The van der Waals surface area contributed by atoms with Gasteiger partial charge in [0.1, 0.15) is 5.75 Å². The lowest BCUT2D eigenvalue weighted by Crippen LogP contribution is -2.37. The number of amides is 1. The number of benzene rings is 1. The maximum Gasteiger partial charge on any atom is 0.249 e. The van der Waals surface area contributed by atoms with Crippen LogP contribution in [0.3, 0.4) is 0 Å². The van der Waals surface area contributed by atoms with Crippen LogP contribution in [0.4, 0.5) is 5.95 Å². The molecule has 0 radical (unpaired) electrons. The first-order chi connectivity index (χ1) is 9.15. The van der Waals surface area contributed by atoms with E-state index >= 15 is 0 Å². The monoisotopic (exact) mass is 259 g/mol. The van der Waals surface area contributed by atoms with Crippen LogP contribution in [0.25, 0.3) is 0 Å². The number of carbonyl (C=O) groups excluding carboxylic acids is 1. The van der Waals surface area contributed by atoms with Crippen LogP contribution in [0, 0.1) is 0 Å². The topological polar surface area (TPSA) is 114 Å². The number of nitrogens with two attached hydrogens (primary N) is 1. The van der Waals surface area contributed by atoms with Gasteiger partial charge in [0.2, 0.25) is 11.9 Å². The lowest BCUT2D eigenvalue weighted by atomic mass is 10.1. The number of phenols is 1. The SMILES string of the molecule is N[C@H](Cc1ccc(O)cc1)C(=O)Nc1nccnn1. The Morgan fingerprint density at radius 2 is 2.05 bits per heavy atom. The number of hydrogen-bond donors (Lipinski definition) is 3. The van der Waals surface area contributed by atoms with Crippen molar-refractivity contribution in [3.63, 3.8) is 0 Å². The molecule has 0 aliphatic carbocycles. The summed E-state index contributed by atoms with van der Waals surface area (Å²) in [5, 5.41) is 18.9. The van der Waals surface area contributed by atoms with Gasteiger partial charge in [-0.05, 0) is 24.1 Å². The molecule has 1 aromatic carbocycles. The zero-order chi connectivity index (χ0) is 13.7. The van der Waals surface area contributed by atoms with Gasteiger partial charge >= 0.3 is 0 Å². The summed E-state index contributed by atoms with van der Waals surface area (Å²) in [6.07, 6.45) is 3.19. The van der Waals surface area contributed by atoms with E-state index in [0.717, 1.165) is 5.56 Å². The van der Waals surface area contributed by atoms with Gasteiger partial charge in [0.15, 0.2) is 0 Å². The zero-order valence-electron chi connectivity index (χ0n) is 10.0. The van der Waals surface area contributed by atoms with Gasteiger partial charge < -0.3 is 10.8 Å². The number of carbonyl (C=O) groups is 1. The highest BCUT2D eigenvalue weighted by molar-refractivity contribution is 5.93. The van der Waals surface area contributed by atoms with Crippen LogP contribution in [0.2, 0.25) is 0 Å². The minimum atomic E-state index is -0.728. The molecule has 19 heavy (non-hydrogen) atoms. The van der Waals surface area contributed by atoms with Crippen LogP contribution < -0.4 is 11.1 Å². The minimum Gasteiger partial charge on any atom is -0.508 e. The average Bonchev–Trinajstić information content (AvgIpc) is 2.42. The molecule has 7 heteroatoms. The molecule has 98 valence electrons. The van der Waals surface area contributed by atoms with Gasteiger partial charge in [-0.25, -0.2) is 4.98 Å². The molecule has 0 unspecified atom stereocenters. The predicted octanol–water partition coefficient (Wildman–Crippen LogP) is 0.0857. The minimum absolute atomic E-state index is 0.119. The van der Waals surface area contributed by atoms with Crippen molar-refractivity contribution < 1.29 is 9.90 Å². The molecule has 2 rings (SSSR count). The van der Waals surface area contributed by atoms with Crippen molar-refractivity contribution >= 4 is 11.9 Å². The van der Waals surface area contributed by atoms with E-state index in [4.69, 9.17) is 10.8 Å². The summed E-state index contributed by atoms with van der Waals surface area (Å²) in [7, 11) is 0. The standard InChI is InChI=1S/C12H13N5O2/c13-10(7-8-1-3-9(18)4-2-8)11(19)16-12-14-5-6-15-17-12/h1-6,10,18H,7,13H2,(H,14,16,17,19)/t10-/m1/s1. The number of aromatic nitrogens is 3. The molecule has 7 nitrogen and oxygen atoms in total. The summed E-state index contributed by atoms with van der Waals surface area (Å²) in [6.45, 7) is 0. The van der Waals surface area contributed by atoms with Crippen LogP contribution >= 0.6 is 0 Å². The molecule has 1 atom stereocenters. The maximum atomic E-state index is 11.8. The molecule has 0 aliphatic rings. The Kier molecular flexibility index (Phi) is 3.99. The lowest BCUT2D eigenvalue weighted by Gasteiger charge is -2.11. The molecule has 1 aromatic heterocycles. The van der Waals surface area contributed by atoms with Crippen molar-refractivity contribution in [1.29, 1.82) is 0 Å². The van der Waals surface area contributed by atoms with Gasteiger partial charge in [-0.2, -0.15) is 5.10 Å². The second-order valence-corrected chi connectivity index (χ2v) is 3.93.